The normalized spacial score (nSPS) is 19.5. The van der Waals surface area contributed by atoms with E-state index in [9.17, 15) is 9.59 Å². The monoisotopic (exact) mass is 388 g/mol. The molecule has 7 heteroatoms. The fourth-order valence-electron chi connectivity index (χ4n) is 3.19. The molecule has 6 nitrogen and oxygen atoms in total. The lowest BCUT2D eigenvalue weighted by Crippen LogP contribution is -3.14. The number of aromatic nitrogens is 1. The molecule has 144 valence electrons. The highest BCUT2D eigenvalue weighted by Gasteiger charge is 2.21. The minimum Gasteiger partial charge on any atom is -0.462 e. The highest BCUT2D eigenvalue weighted by atomic mass is 32.1. The summed E-state index contributed by atoms with van der Waals surface area (Å²) in [6, 6.07) is 7.13. The number of thiazole rings is 1. The molecular formula is C20H26N3O3S+. The lowest BCUT2D eigenvalue weighted by Gasteiger charge is -2.26. The van der Waals surface area contributed by atoms with Gasteiger partial charge in [0.15, 0.2) is 11.7 Å². The van der Waals surface area contributed by atoms with Crippen LogP contribution in [0.4, 0.5) is 5.13 Å². The molecule has 1 amide bonds. The predicted octanol–water partition coefficient (Wildman–Crippen LogP) is 2.24. The quantitative estimate of drug-likeness (QED) is 0.745. The van der Waals surface area contributed by atoms with Crippen molar-refractivity contribution in [1.82, 2.24) is 4.98 Å². The van der Waals surface area contributed by atoms with E-state index in [1.165, 1.54) is 29.1 Å². The smallest absolute Gasteiger partial charge is 0.338 e. The standard InChI is InChI=1S/C20H25N3O3S/c1-3-26-19(25)16-6-4-15(5-7-16)17-13-27-20(21-17)22-18(24)12-23-10-8-14(2)9-11-23/h4-7,13-14H,3,8-12H2,1-2H3,(H,21,22,24)/p+1. The molecule has 1 fully saturated rings. The molecule has 1 saturated heterocycles. The summed E-state index contributed by atoms with van der Waals surface area (Å²) in [5, 5.41) is 5.42. The number of quaternary nitrogens is 1. The summed E-state index contributed by atoms with van der Waals surface area (Å²) < 4.78 is 4.99. The molecular weight excluding hydrogens is 362 g/mol. The van der Waals surface area contributed by atoms with E-state index in [1.807, 2.05) is 17.5 Å². The van der Waals surface area contributed by atoms with Gasteiger partial charge in [0.05, 0.1) is 31.0 Å². The van der Waals surface area contributed by atoms with Crippen molar-refractivity contribution in [2.75, 3.05) is 31.6 Å². The number of piperidine rings is 1. The lowest BCUT2D eigenvalue weighted by atomic mass is 9.99. The number of carbonyl (C=O) groups excluding carboxylic acids is 2. The Morgan fingerprint density at radius 3 is 2.63 bits per heavy atom. The van der Waals surface area contributed by atoms with Crippen molar-refractivity contribution in [1.29, 1.82) is 0 Å². The second-order valence-electron chi connectivity index (χ2n) is 6.99. The van der Waals surface area contributed by atoms with Gasteiger partial charge in [-0.1, -0.05) is 19.1 Å². The van der Waals surface area contributed by atoms with Crippen LogP contribution in [-0.2, 0) is 9.53 Å². The van der Waals surface area contributed by atoms with E-state index in [-0.39, 0.29) is 11.9 Å². The summed E-state index contributed by atoms with van der Waals surface area (Å²) in [4.78, 5) is 29.8. The van der Waals surface area contributed by atoms with Crippen LogP contribution in [0.3, 0.4) is 0 Å². The Labute approximate surface area is 163 Å². The fourth-order valence-corrected chi connectivity index (χ4v) is 3.93. The number of benzene rings is 1. The first-order valence-electron chi connectivity index (χ1n) is 9.41. The van der Waals surface area contributed by atoms with Crippen molar-refractivity contribution in [2.24, 2.45) is 5.92 Å². The first-order chi connectivity index (χ1) is 13.0. The van der Waals surface area contributed by atoms with Gasteiger partial charge >= 0.3 is 5.97 Å². The largest absolute Gasteiger partial charge is 0.462 e. The Balaban J connectivity index is 1.56. The number of ether oxygens (including phenoxy) is 1. The van der Waals surface area contributed by atoms with Crippen molar-refractivity contribution in [3.8, 4) is 11.3 Å². The van der Waals surface area contributed by atoms with E-state index >= 15 is 0 Å². The molecule has 1 aromatic carbocycles. The third kappa shape index (κ3) is 5.37. The van der Waals surface area contributed by atoms with Gasteiger partial charge in [-0.05, 0) is 37.8 Å². The molecule has 1 aromatic heterocycles. The molecule has 1 aliphatic heterocycles. The second kappa shape index (κ2) is 9.10. The van der Waals surface area contributed by atoms with E-state index in [4.69, 9.17) is 4.74 Å². The van der Waals surface area contributed by atoms with Crippen molar-refractivity contribution in [3.63, 3.8) is 0 Å². The van der Waals surface area contributed by atoms with Gasteiger partial charge in [0, 0.05) is 10.9 Å². The number of amides is 1. The number of carbonyl (C=O) groups is 2. The van der Waals surface area contributed by atoms with Crippen LogP contribution in [0.2, 0.25) is 0 Å². The summed E-state index contributed by atoms with van der Waals surface area (Å²) in [6.45, 7) is 7.02. The third-order valence-electron chi connectivity index (χ3n) is 4.83. The van der Waals surface area contributed by atoms with Gasteiger partial charge in [0.1, 0.15) is 0 Å². The maximum absolute atomic E-state index is 12.3. The average Bonchev–Trinajstić information content (AvgIpc) is 3.12. The molecule has 3 rings (SSSR count). The van der Waals surface area contributed by atoms with Crippen molar-refractivity contribution in [3.05, 3.63) is 35.2 Å². The Hall–Kier alpha value is -2.25. The first kappa shape index (κ1) is 19.5. The second-order valence-corrected chi connectivity index (χ2v) is 7.85. The van der Waals surface area contributed by atoms with Crippen LogP contribution in [-0.4, -0.2) is 43.1 Å². The lowest BCUT2D eigenvalue weighted by molar-refractivity contribution is -0.897. The molecule has 0 unspecified atom stereocenters. The molecule has 1 aliphatic rings. The highest BCUT2D eigenvalue weighted by molar-refractivity contribution is 7.14. The molecule has 0 radical (unpaired) electrons. The number of hydrogen-bond donors (Lipinski definition) is 2. The molecule has 0 atom stereocenters. The average molecular weight is 389 g/mol. The first-order valence-corrected chi connectivity index (χ1v) is 10.3. The zero-order valence-electron chi connectivity index (χ0n) is 15.8. The summed E-state index contributed by atoms with van der Waals surface area (Å²) in [7, 11) is 0. The van der Waals surface area contributed by atoms with E-state index in [2.05, 4.69) is 17.2 Å². The number of nitrogens with zero attached hydrogens (tertiary/aromatic N) is 1. The van der Waals surface area contributed by atoms with Crippen LogP contribution in [0.5, 0.6) is 0 Å². The molecule has 2 N–H and O–H groups in total. The number of esters is 1. The van der Waals surface area contributed by atoms with Crippen molar-refractivity contribution < 1.29 is 19.2 Å². The van der Waals surface area contributed by atoms with Crippen molar-refractivity contribution in [2.45, 2.75) is 26.7 Å². The number of rotatable bonds is 6. The predicted molar refractivity (Wildman–Crippen MR) is 106 cm³/mol. The van der Waals surface area contributed by atoms with Crippen LogP contribution in [0, 0.1) is 5.92 Å². The molecule has 2 heterocycles. The summed E-state index contributed by atoms with van der Waals surface area (Å²) in [5.74, 6) is 0.455. The Kier molecular flexibility index (Phi) is 6.58. The molecule has 27 heavy (non-hydrogen) atoms. The van der Waals surface area contributed by atoms with Crippen molar-refractivity contribution >= 4 is 28.3 Å². The number of likely N-dealkylation sites (tertiary alicyclic amines) is 1. The van der Waals surface area contributed by atoms with Gasteiger partial charge in [-0.3, -0.25) is 10.1 Å². The molecule has 0 saturated carbocycles. The molecule has 0 spiro atoms. The van der Waals surface area contributed by atoms with Crippen LogP contribution >= 0.6 is 11.3 Å². The Morgan fingerprint density at radius 2 is 1.96 bits per heavy atom. The van der Waals surface area contributed by atoms with Gasteiger partial charge in [0.25, 0.3) is 5.91 Å². The summed E-state index contributed by atoms with van der Waals surface area (Å²) in [5.41, 5.74) is 2.20. The number of hydrogen-bond acceptors (Lipinski definition) is 5. The molecule has 0 aliphatic carbocycles. The minimum atomic E-state index is -0.329. The minimum absolute atomic E-state index is 0.0121. The van der Waals surface area contributed by atoms with Gasteiger partial charge < -0.3 is 9.64 Å². The van der Waals surface area contributed by atoms with Crippen LogP contribution in [0.1, 0.15) is 37.0 Å². The van der Waals surface area contributed by atoms with Crippen LogP contribution < -0.4 is 10.2 Å². The fraction of sp³-hybridized carbons (Fsp3) is 0.450. The number of anilines is 1. The zero-order chi connectivity index (χ0) is 19.2. The van der Waals surface area contributed by atoms with E-state index in [1.54, 1.807) is 19.1 Å². The van der Waals surface area contributed by atoms with E-state index in [0.29, 0.717) is 23.8 Å². The number of nitrogens with one attached hydrogen (secondary N) is 2. The summed E-state index contributed by atoms with van der Waals surface area (Å²) >= 11 is 1.41. The zero-order valence-corrected chi connectivity index (χ0v) is 16.6. The van der Waals surface area contributed by atoms with Crippen LogP contribution in [0.15, 0.2) is 29.6 Å². The maximum atomic E-state index is 12.3. The molecule has 0 bridgehead atoms. The maximum Gasteiger partial charge on any atom is 0.338 e. The highest BCUT2D eigenvalue weighted by Crippen LogP contribution is 2.25. The topological polar surface area (TPSA) is 72.7 Å². The van der Waals surface area contributed by atoms with Gasteiger partial charge in [0.2, 0.25) is 0 Å². The van der Waals surface area contributed by atoms with Gasteiger partial charge in [-0.2, -0.15) is 0 Å². The molecule has 2 aromatic rings. The SMILES string of the molecule is CCOC(=O)c1ccc(-c2csc(NC(=O)C[NH+]3CCC(C)CC3)n2)cc1. The Morgan fingerprint density at radius 1 is 1.26 bits per heavy atom. The van der Waals surface area contributed by atoms with Gasteiger partial charge in [-0.25, -0.2) is 9.78 Å². The van der Waals surface area contributed by atoms with Gasteiger partial charge in [-0.15, -0.1) is 11.3 Å². The van der Waals surface area contributed by atoms with E-state index < -0.39 is 0 Å². The third-order valence-corrected chi connectivity index (χ3v) is 5.59. The Bertz CT molecular complexity index is 780. The summed E-state index contributed by atoms with van der Waals surface area (Å²) in [6.07, 6.45) is 2.37. The van der Waals surface area contributed by atoms with E-state index in [0.717, 1.165) is 30.3 Å². The van der Waals surface area contributed by atoms with Crippen LogP contribution in [0.25, 0.3) is 11.3 Å².